The van der Waals surface area contributed by atoms with Gasteiger partial charge in [0.2, 0.25) is 0 Å². The summed E-state index contributed by atoms with van der Waals surface area (Å²) >= 11 is 0. The minimum Gasteiger partial charge on any atom is -0.380 e. The number of hydrogen-bond acceptors (Lipinski definition) is 2. The maximum absolute atomic E-state index is 3.60. The topological polar surface area (TPSA) is 15.3 Å². The highest BCUT2D eigenvalue weighted by atomic mass is 15.2. The molecule has 92 valence electrons. The predicted molar refractivity (Wildman–Crippen MR) is 77.1 cm³/mol. The third-order valence-corrected chi connectivity index (χ3v) is 3.45. The van der Waals surface area contributed by atoms with Crippen LogP contribution in [-0.4, -0.2) is 19.1 Å². The molecule has 2 aromatic rings. The van der Waals surface area contributed by atoms with Gasteiger partial charge in [0.05, 0.1) is 0 Å². The molecule has 0 radical (unpaired) electrons. The van der Waals surface area contributed by atoms with E-state index in [9.17, 15) is 0 Å². The number of rotatable bonds is 3. The van der Waals surface area contributed by atoms with Crippen molar-refractivity contribution in [1.82, 2.24) is 0 Å². The van der Waals surface area contributed by atoms with Gasteiger partial charge in [-0.25, -0.2) is 0 Å². The number of para-hydroxylation sites is 2. The van der Waals surface area contributed by atoms with Gasteiger partial charge < -0.3 is 10.2 Å². The summed E-state index contributed by atoms with van der Waals surface area (Å²) in [5, 5.41) is 3.60. The molecule has 0 saturated carbocycles. The van der Waals surface area contributed by atoms with Crippen LogP contribution in [0.25, 0.3) is 0 Å². The summed E-state index contributed by atoms with van der Waals surface area (Å²) in [5.41, 5.74) is 2.55. The molecule has 2 nitrogen and oxygen atoms in total. The van der Waals surface area contributed by atoms with Gasteiger partial charge >= 0.3 is 0 Å². The van der Waals surface area contributed by atoms with E-state index in [4.69, 9.17) is 0 Å². The Morgan fingerprint density at radius 3 is 2.28 bits per heavy atom. The molecule has 0 spiro atoms. The molecule has 1 fully saturated rings. The smallest absolute Gasteiger partial charge is 0.0453 e. The molecule has 1 heterocycles. The van der Waals surface area contributed by atoms with Crippen LogP contribution < -0.4 is 10.2 Å². The first kappa shape index (κ1) is 11.1. The van der Waals surface area contributed by atoms with E-state index in [1.807, 2.05) is 0 Å². The first-order valence-corrected chi connectivity index (χ1v) is 6.53. The Morgan fingerprint density at radius 2 is 1.56 bits per heavy atom. The van der Waals surface area contributed by atoms with Gasteiger partial charge in [0, 0.05) is 30.5 Å². The SMILES string of the molecule is c1ccc(NC2CCN(c3ccccc3)C2)cc1. The Labute approximate surface area is 108 Å². The van der Waals surface area contributed by atoms with Crippen molar-refractivity contribution in [3.05, 3.63) is 60.7 Å². The van der Waals surface area contributed by atoms with E-state index in [0.717, 1.165) is 13.1 Å². The van der Waals surface area contributed by atoms with Crippen LogP contribution in [0.15, 0.2) is 60.7 Å². The first-order valence-electron chi connectivity index (χ1n) is 6.53. The summed E-state index contributed by atoms with van der Waals surface area (Å²) in [6.07, 6.45) is 1.20. The molecule has 1 saturated heterocycles. The van der Waals surface area contributed by atoms with Gasteiger partial charge in [0.25, 0.3) is 0 Å². The number of benzene rings is 2. The van der Waals surface area contributed by atoms with E-state index in [1.165, 1.54) is 17.8 Å². The maximum atomic E-state index is 3.60. The van der Waals surface area contributed by atoms with Crippen LogP contribution in [0.5, 0.6) is 0 Å². The van der Waals surface area contributed by atoms with Gasteiger partial charge in [-0.05, 0) is 30.7 Å². The number of anilines is 2. The molecule has 3 rings (SSSR count). The van der Waals surface area contributed by atoms with Crippen LogP contribution in [0, 0.1) is 0 Å². The van der Waals surface area contributed by atoms with E-state index in [1.54, 1.807) is 0 Å². The zero-order chi connectivity index (χ0) is 12.2. The lowest BCUT2D eigenvalue weighted by molar-refractivity contribution is 0.807. The lowest BCUT2D eigenvalue weighted by Gasteiger charge is -2.19. The average molecular weight is 238 g/mol. The zero-order valence-corrected chi connectivity index (χ0v) is 10.4. The lowest BCUT2D eigenvalue weighted by atomic mass is 10.2. The molecule has 2 aromatic carbocycles. The van der Waals surface area contributed by atoms with E-state index < -0.39 is 0 Å². The molecule has 1 N–H and O–H groups in total. The minimum absolute atomic E-state index is 0.549. The van der Waals surface area contributed by atoms with Crippen LogP contribution >= 0.6 is 0 Å². The van der Waals surface area contributed by atoms with E-state index in [2.05, 4.69) is 70.9 Å². The lowest BCUT2D eigenvalue weighted by Crippen LogP contribution is -2.25. The normalized spacial score (nSPS) is 18.9. The summed E-state index contributed by atoms with van der Waals surface area (Å²) in [7, 11) is 0. The number of nitrogens with zero attached hydrogens (tertiary/aromatic N) is 1. The number of hydrogen-bond donors (Lipinski definition) is 1. The molecule has 2 heteroatoms. The highest BCUT2D eigenvalue weighted by Gasteiger charge is 2.22. The Morgan fingerprint density at radius 1 is 0.889 bits per heavy atom. The molecule has 1 unspecified atom stereocenters. The first-order chi connectivity index (χ1) is 8.92. The summed E-state index contributed by atoms with van der Waals surface area (Å²) < 4.78 is 0. The van der Waals surface area contributed by atoms with Crippen molar-refractivity contribution in [2.45, 2.75) is 12.5 Å². The Kier molecular flexibility index (Phi) is 3.18. The van der Waals surface area contributed by atoms with E-state index in [0.29, 0.717) is 6.04 Å². The third kappa shape index (κ3) is 2.48. The second kappa shape index (κ2) is 5.13. The van der Waals surface area contributed by atoms with Crippen LogP contribution in [0.2, 0.25) is 0 Å². The van der Waals surface area contributed by atoms with Crippen molar-refractivity contribution in [2.24, 2.45) is 0 Å². The molecule has 0 aliphatic carbocycles. The Hall–Kier alpha value is -1.96. The van der Waals surface area contributed by atoms with Gasteiger partial charge in [-0.2, -0.15) is 0 Å². The summed E-state index contributed by atoms with van der Waals surface area (Å²) in [5.74, 6) is 0. The highest BCUT2D eigenvalue weighted by molar-refractivity contribution is 5.49. The fourth-order valence-corrected chi connectivity index (χ4v) is 2.52. The van der Waals surface area contributed by atoms with Gasteiger partial charge in [-0.1, -0.05) is 36.4 Å². The second-order valence-corrected chi connectivity index (χ2v) is 4.78. The Balaban J connectivity index is 1.62. The molecule has 0 aromatic heterocycles. The zero-order valence-electron chi connectivity index (χ0n) is 10.4. The summed E-state index contributed by atoms with van der Waals surface area (Å²) in [4.78, 5) is 2.45. The Bertz CT molecular complexity index is 481. The number of nitrogens with one attached hydrogen (secondary N) is 1. The quantitative estimate of drug-likeness (QED) is 0.882. The van der Waals surface area contributed by atoms with Crippen molar-refractivity contribution in [1.29, 1.82) is 0 Å². The van der Waals surface area contributed by atoms with Crippen molar-refractivity contribution in [3.8, 4) is 0 Å². The van der Waals surface area contributed by atoms with Crippen LogP contribution in [0.4, 0.5) is 11.4 Å². The molecule has 1 aliphatic rings. The third-order valence-electron chi connectivity index (χ3n) is 3.45. The van der Waals surface area contributed by atoms with Gasteiger partial charge in [0.1, 0.15) is 0 Å². The monoisotopic (exact) mass is 238 g/mol. The van der Waals surface area contributed by atoms with E-state index in [-0.39, 0.29) is 0 Å². The van der Waals surface area contributed by atoms with Gasteiger partial charge in [-0.15, -0.1) is 0 Å². The standard InChI is InChI=1S/C16H18N2/c1-3-7-14(8-4-1)17-15-11-12-18(13-15)16-9-5-2-6-10-16/h1-10,15,17H,11-13H2. The fourth-order valence-electron chi connectivity index (χ4n) is 2.52. The molecular formula is C16H18N2. The van der Waals surface area contributed by atoms with Crippen molar-refractivity contribution in [3.63, 3.8) is 0 Å². The van der Waals surface area contributed by atoms with Crippen molar-refractivity contribution < 1.29 is 0 Å². The highest BCUT2D eigenvalue weighted by Crippen LogP contribution is 2.21. The average Bonchev–Trinajstić information content (AvgIpc) is 2.89. The van der Waals surface area contributed by atoms with Crippen molar-refractivity contribution in [2.75, 3.05) is 23.3 Å². The summed E-state index contributed by atoms with van der Waals surface area (Å²) in [6, 6.07) is 21.7. The molecule has 0 bridgehead atoms. The van der Waals surface area contributed by atoms with Crippen LogP contribution in [0.3, 0.4) is 0 Å². The fraction of sp³-hybridized carbons (Fsp3) is 0.250. The van der Waals surface area contributed by atoms with E-state index >= 15 is 0 Å². The van der Waals surface area contributed by atoms with Gasteiger partial charge in [0.15, 0.2) is 0 Å². The molecule has 1 aliphatic heterocycles. The summed E-state index contributed by atoms with van der Waals surface area (Å²) in [6.45, 7) is 2.22. The van der Waals surface area contributed by atoms with Crippen molar-refractivity contribution >= 4 is 11.4 Å². The van der Waals surface area contributed by atoms with Gasteiger partial charge in [-0.3, -0.25) is 0 Å². The second-order valence-electron chi connectivity index (χ2n) is 4.78. The predicted octanol–water partition coefficient (Wildman–Crippen LogP) is 3.38. The maximum Gasteiger partial charge on any atom is 0.0453 e. The molecular weight excluding hydrogens is 220 g/mol. The molecule has 0 amide bonds. The van der Waals surface area contributed by atoms with Crippen LogP contribution in [-0.2, 0) is 0 Å². The molecule has 18 heavy (non-hydrogen) atoms. The minimum atomic E-state index is 0.549. The largest absolute Gasteiger partial charge is 0.380 e. The molecule has 1 atom stereocenters. The van der Waals surface area contributed by atoms with Crippen LogP contribution in [0.1, 0.15) is 6.42 Å².